The van der Waals surface area contributed by atoms with Crippen molar-refractivity contribution in [2.24, 2.45) is 5.92 Å². The first-order valence-electron chi connectivity index (χ1n) is 5.46. The van der Waals surface area contributed by atoms with Gasteiger partial charge in [-0.15, -0.1) is 0 Å². The summed E-state index contributed by atoms with van der Waals surface area (Å²) in [6.07, 6.45) is 2.16. The average Bonchev–Trinajstić information content (AvgIpc) is 2.75. The van der Waals surface area contributed by atoms with E-state index < -0.39 is 0 Å². The zero-order valence-electron chi connectivity index (χ0n) is 9.27. The van der Waals surface area contributed by atoms with Gasteiger partial charge >= 0.3 is 0 Å². The molecule has 1 aliphatic rings. The molecule has 8 heteroatoms. The molecule has 0 unspecified atom stereocenters. The Kier molecular flexibility index (Phi) is 2.90. The third-order valence-corrected chi connectivity index (χ3v) is 3.41. The lowest BCUT2D eigenvalue weighted by atomic mass is 9.95. The van der Waals surface area contributed by atoms with Crippen LogP contribution in [0.2, 0.25) is 5.15 Å². The first kappa shape index (κ1) is 11.8. The molecule has 7 nitrogen and oxygen atoms in total. The van der Waals surface area contributed by atoms with Crippen LogP contribution in [0.5, 0.6) is 0 Å². The number of hydrogen-bond donors (Lipinski definition) is 2. The van der Waals surface area contributed by atoms with Gasteiger partial charge in [-0.2, -0.15) is 0 Å². The van der Waals surface area contributed by atoms with Crippen molar-refractivity contribution in [3.05, 3.63) is 17.8 Å². The van der Waals surface area contributed by atoms with Gasteiger partial charge in [0.05, 0.1) is 31.6 Å². The lowest BCUT2D eigenvalue weighted by molar-refractivity contribution is -0.243. The normalized spacial score (nSPS) is 27.4. The van der Waals surface area contributed by atoms with Gasteiger partial charge in [-0.3, -0.25) is 4.57 Å². The van der Waals surface area contributed by atoms with E-state index >= 15 is 0 Å². The fraction of sp³-hybridized carbons (Fsp3) is 0.500. The van der Waals surface area contributed by atoms with E-state index in [-0.39, 0.29) is 36.6 Å². The highest BCUT2D eigenvalue weighted by molar-refractivity contribution is 6.33. The molecule has 0 saturated carbocycles. The molecule has 0 aromatic carbocycles. The highest BCUT2D eigenvalue weighted by Gasteiger charge is 2.43. The van der Waals surface area contributed by atoms with E-state index in [9.17, 15) is 5.11 Å². The van der Waals surface area contributed by atoms with Gasteiger partial charge in [-0.25, -0.2) is 15.0 Å². The van der Waals surface area contributed by atoms with Crippen molar-refractivity contribution in [1.82, 2.24) is 19.5 Å². The van der Waals surface area contributed by atoms with Crippen LogP contribution in [0, 0.1) is 5.92 Å². The number of aliphatic hydroxyl groups excluding tert-OH is 2. The number of hydrogen-bond acceptors (Lipinski definition) is 6. The summed E-state index contributed by atoms with van der Waals surface area (Å²) >= 11 is 5.91. The molecule has 3 heterocycles. The van der Waals surface area contributed by atoms with Crippen LogP contribution in [0.3, 0.4) is 0 Å². The van der Waals surface area contributed by atoms with Gasteiger partial charge in [0.15, 0.2) is 10.8 Å². The highest BCUT2D eigenvalue weighted by Crippen LogP contribution is 2.38. The van der Waals surface area contributed by atoms with E-state index in [1.54, 1.807) is 10.9 Å². The summed E-state index contributed by atoms with van der Waals surface area (Å²) in [7, 11) is 0. The maximum absolute atomic E-state index is 9.30. The minimum Gasteiger partial charge on any atom is -0.396 e. The van der Waals surface area contributed by atoms with Gasteiger partial charge in [0.2, 0.25) is 0 Å². The number of ether oxygens (including phenoxy) is 1. The Morgan fingerprint density at radius 1 is 1.28 bits per heavy atom. The van der Waals surface area contributed by atoms with Crippen LogP contribution in [0.1, 0.15) is 6.23 Å². The molecule has 0 amide bonds. The molecule has 3 atom stereocenters. The summed E-state index contributed by atoms with van der Waals surface area (Å²) in [5.74, 6) is -0.179. The van der Waals surface area contributed by atoms with Gasteiger partial charge in [-0.1, -0.05) is 11.6 Å². The fourth-order valence-corrected chi connectivity index (χ4v) is 2.32. The smallest absolute Gasteiger partial charge is 0.166 e. The number of aromatic nitrogens is 4. The molecule has 0 aliphatic carbocycles. The van der Waals surface area contributed by atoms with Crippen molar-refractivity contribution in [1.29, 1.82) is 0 Å². The Morgan fingerprint density at radius 3 is 2.83 bits per heavy atom. The quantitative estimate of drug-likeness (QED) is 0.761. The zero-order valence-corrected chi connectivity index (χ0v) is 10.0. The Labute approximate surface area is 107 Å². The molecular formula is C10H11ClN4O3. The van der Waals surface area contributed by atoms with Crippen LogP contribution in [-0.4, -0.2) is 49.0 Å². The van der Waals surface area contributed by atoms with Gasteiger partial charge < -0.3 is 14.9 Å². The summed E-state index contributed by atoms with van der Waals surface area (Å²) in [6, 6.07) is 0. The van der Waals surface area contributed by atoms with Crippen molar-refractivity contribution in [3.63, 3.8) is 0 Å². The third-order valence-electron chi connectivity index (χ3n) is 3.14. The largest absolute Gasteiger partial charge is 0.396 e. The predicted molar refractivity (Wildman–Crippen MR) is 61.9 cm³/mol. The van der Waals surface area contributed by atoms with Crippen molar-refractivity contribution in [3.8, 4) is 0 Å². The predicted octanol–water partition coefficient (Wildman–Crippen LogP) is -0.0221. The minimum atomic E-state index is -0.386. The molecule has 2 N–H and O–H groups in total. The minimum absolute atomic E-state index is 0.0750. The average molecular weight is 271 g/mol. The Bertz CT molecular complexity index is 575. The van der Waals surface area contributed by atoms with Crippen LogP contribution < -0.4 is 0 Å². The number of rotatable bonds is 3. The van der Waals surface area contributed by atoms with Gasteiger partial charge in [-0.05, 0) is 0 Å². The summed E-state index contributed by atoms with van der Waals surface area (Å²) in [5, 5.41) is 18.6. The molecule has 2 aromatic heterocycles. The second kappa shape index (κ2) is 4.43. The molecular weight excluding hydrogens is 260 g/mol. The van der Waals surface area contributed by atoms with E-state index in [4.69, 9.17) is 21.4 Å². The van der Waals surface area contributed by atoms with Crippen molar-refractivity contribution < 1.29 is 14.9 Å². The van der Waals surface area contributed by atoms with Crippen LogP contribution in [-0.2, 0) is 4.74 Å². The second-order valence-corrected chi connectivity index (χ2v) is 4.44. The third kappa shape index (κ3) is 1.59. The Morgan fingerprint density at radius 2 is 2.11 bits per heavy atom. The van der Waals surface area contributed by atoms with Crippen LogP contribution in [0.4, 0.5) is 0 Å². The molecule has 3 rings (SSSR count). The zero-order chi connectivity index (χ0) is 12.7. The maximum atomic E-state index is 9.30. The number of halogens is 1. The van der Waals surface area contributed by atoms with E-state index in [0.717, 1.165) is 0 Å². The van der Waals surface area contributed by atoms with E-state index in [1.807, 2.05) is 0 Å². The van der Waals surface area contributed by atoms with Crippen LogP contribution in [0.15, 0.2) is 12.7 Å². The monoisotopic (exact) mass is 270 g/mol. The lowest BCUT2D eigenvalue weighted by Gasteiger charge is -2.43. The molecule has 1 saturated heterocycles. The molecule has 18 heavy (non-hydrogen) atoms. The lowest BCUT2D eigenvalue weighted by Crippen LogP contribution is -2.49. The van der Waals surface area contributed by atoms with Crippen molar-refractivity contribution >= 4 is 22.8 Å². The molecule has 0 spiro atoms. The van der Waals surface area contributed by atoms with Gasteiger partial charge in [0.25, 0.3) is 0 Å². The highest BCUT2D eigenvalue weighted by atomic mass is 35.5. The summed E-state index contributed by atoms with van der Waals surface area (Å²) in [4.78, 5) is 12.1. The first-order valence-corrected chi connectivity index (χ1v) is 5.84. The number of imidazole rings is 1. The maximum Gasteiger partial charge on any atom is 0.166 e. The number of fused-ring (bicyclic) bond motifs is 1. The molecule has 2 aromatic rings. The first-order chi connectivity index (χ1) is 8.76. The van der Waals surface area contributed by atoms with Crippen molar-refractivity contribution in [2.45, 2.75) is 12.3 Å². The molecule has 0 radical (unpaired) electrons. The van der Waals surface area contributed by atoms with Crippen LogP contribution in [0.25, 0.3) is 11.2 Å². The van der Waals surface area contributed by atoms with E-state index in [0.29, 0.717) is 11.2 Å². The summed E-state index contributed by atoms with van der Waals surface area (Å²) in [6.45, 7) is -0.196. The standard InChI is InChI=1S/C10H11ClN4O3/c11-8-7-9(13-3-12-8)15(4-14-7)10-5(1-16)6(2-17)18-10/h3-6,10,16-17H,1-2H2/t5-,6+,10+/m0/s1. The van der Waals surface area contributed by atoms with E-state index in [2.05, 4.69) is 15.0 Å². The number of nitrogens with zero attached hydrogens (tertiary/aromatic N) is 4. The molecule has 1 fully saturated rings. The van der Waals surface area contributed by atoms with Gasteiger partial charge in [0.1, 0.15) is 18.1 Å². The van der Waals surface area contributed by atoms with Crippen LogP contribution >= 0.6 is 11.6 Å². The molecule has 96 valence electrons. The molecule has 1 aliphatic heterocycles. The molecule has 0 bridgehead atoms. The second-order valence-electron chi connectivity index (χ2n) is 4.08. The SMILES string of the molecule is OC[C@@H]1[C@H](n2cnc3c(Cl)ncnc32)O[C@@H]1CO. The summed E-state index contributed by atoms with van der Waals surface area (Å²) in [5.41, 5.74) is 1.04. The Balaban J connectivity index is 1.99. The van der Waals surface area contributed by atoms with Gasteiger partial charge in [0, 0.05) is 0 Å². The number of aliphatic hydroxyl groups is 2. The van der Waals surface area contributed by atoms with Crippen molar-refractivity contribution in [2.75, 3.05) is 13.2 Å². The fourth-order valence-electron chi connectivity index (χ4n) is 2.14. The van der Waals surface area contributed by atoms with E-state index in [1.165, 1.54) is 6.33 Å². The topological polar surface area (TPSA) is 93.3 Å². The summed E-state index contributed by atoms with van der Waals surface area (Å²) < 4.78 is 7.18. The Hall–Kier alpha value is -1.28.